The molecule has 3 aromatic rings. The Morgan fingerprint density at radius 3 is 2.86 bits per heavy atom. The number of aromatic nitrogens is 3. The first kappa shape index (κ1) is 19.4. The van der Waals surface area contributed by atoms with E-state index in [0.717, 1.165) is 24.1 Å². The molecule has 0 saturated carbocycles. The lowest BCUT2D eigenvalue weighted by atomic mass is 9.92. The van der Waals surface area contributed by atoms with Gasteiger partial charge in [0, 0.05) is 37.6 Å². The van der Waals surface area contributed by atoms with E-state index >= 15 is 0 Å². The van der Waals surface area contributed by atoms with Gasteiger partial charge in [0.1, 0.15) is 17.0 Å². The van der Waals surface area contributed by atoms with Crippen LogP contribution in [0.5, 0.6) is 0 Å². The van der Waals surface area contributed by atoms with Crippen LogP contribution in [0.15, 0.2) is 35.0 Å². The zero-order valence-electron chi connectivity index (χ0n) is 16.6. The third-order valence-electron chi connectivity index (χ3n) is 5.09. The van der Waals surface area contributed by atoms with Gasteiger partial charge in [-0.1, -0.05) is 35.0 Å². The zero-order chi connectivity index (χ0) is 20.5. The standard InChI is InChI=1S/C21H22ClN5O2/c1-12-18(19(26-29-12)15-6-4-5-7-16(15)22)20(28)24-14-8-9-17-13(10-14)11-23-21(25-17)27(2)3/h4-7,11,14H,8-10H2,1-3H3,(H,24,28). The number of amides is 1. The van der Waals surface area contributed by atoms with Gasteiger partial charge in [-0.2, -0.15) is 0 Å². The van der Waals surface area contributed by atoms with Crippen molar-refractivity contribution in [2.45, 2.75) is 32.2 Å². The molecule has 150 valence electrons. The Labute approximate surface area is 174 Å². The number of carbonyl (C=O) groups is 1. The van der Waals surface area contributed by atoms with E-state index < -0.39 is 0 Å². The predicted molar refractivity (Wildman–Crippen MR) is 111 cm³/mol. The van der Waals surface area contributed by atoms with E-state index in [0.29, 0.717) is 40.0 Å². The van der Waals surface area contributed by atoms with Crippen LogP contribution in [-0.4, -0.2) is 41.2 Å². The second-order valence-corrected chi connectivity index (χ2v) is 7.80. The van der Waals surface area contributed by atoms with Gasteiger partial charge >= 0.3 is 0 Å². The van der Waals surface area contributed by atoms with Crippen LogP contribution in [0, 0.1) is 6.92 Å². The van der Waals surface area contributed by atoms with Crippen LogP contribution in [0.1, 0.15) is 33.8 Å². The molecule has 0 aliphatic heterocycles. The van der Waals surface area contributed by atoms with Crippen molar-refractivity contribution >= 4 is 23.5 Å². The highest BCUT2D eigenvalue weighted by atomic mass is 35.5. The second kappa shape index (κ2) is 7.83. The first-order chi connectivity index (χ1) is 13.9. The molecule has 8 heteroatoms. The number of fused-ring (bicyclic) bond motifs is 1. The minimum atomic E-state index is -0.210. The van der Waals surface area contributed by atoms with E-state index in [4.69, 9.17) is 16.1 Å². The first-order valence-corrected chi connectivity index (χ1v) is 9.86. The highest BCUT2D eigenvalue weighted by molar-refractivity contribution is 6.33. The van der Waals surface area contributed by atoms with Crippen molar-refractivity contribution in [3.63, 3.8) is 0 Å². The summed E-state index contributed by atoms with van der Waals surface area (Å²) in [5.41, 5.74) is 3.67. The summed E-state index contributed by atoms with van der Waals surface area (Å²) in [5.74, 6) is 0.959. The van der Waals surface area contributed by atoms with Crippen LogP contribution < -0.4 is 10.2 Å². The topological polar surface area (TPSA) is 84.2 Å². The maximum absolute atomic E-state index is 13.1. The van der Waals surface area contributed by atoms with Gasteiger partial charge in [0.05, 0.1) is 5.02 Å². The number of carbonyl (C=O) groups excluding carboxylic acids is 1. The maximum atomic E-state index is 13.1. The number of nitrogens with zero attached hydrogens (tertiary/aromatic N) is 4. The zero-order valence-corrected chi connectivity index (χ0v) is 17.3. The summed E-state index contributed by atoms with van der Waals surface area (Å²) in [6.45, 7) is 1.73. The lowest BCUT2D eigenvalue weighted by molar-refractivity contribution is 0.0932. The summed E-state index contributed by atoms with van der Waals surface area (Å²) < 4.78 is 5.31. The van der Waals surface area contributed by atoms with E-state index in [1.54, 1.807) is 13.0 Å². The van der Waals surface area contributed by atoms with E-state index in [9.17, 15) is 4.79 Å². The van der Waals surface area contributed by atoms with Gasteiger partial charge < -0.3 is 14.7 Å². The SMILES string of the molecule is Cc1onc(-c2ccccc2Cl)c1C(=O)NC1CCc2nc(N(C)C)ncc2C1. The van der Waals surface area contributed by atoms with Crippen molar-refractivity contribution in [2.24, 2.45) is 0 Å². The third kappa shape index (κ3) is 3.82. The molecule has 1 aliphatic carbocycles. The van der Waals surface area contributed by atoms with Gasteiger partial charge in [0.15, 0.2) is 0 Å². The van der Waals surface area contributed by atoms with Crippen LogP contribution in [0.3, 0.4) is 0 Å². The number of nitrogens with one attached hydrogen (secondary N) is 1. The number of hydrogen-bond donors (Lipinski definition) is 1. The molecule has 1 aliphatic rings. The number of halogens is 1. The second-order valence-electron chi connectivity index (χ2n) is 7.39. The molecule has 1 N–H and O–H groups in total. The maximum Gasteiger partial charge on any atom is 0.257 e. The largest absolute Gasteiger partial charge is 0.360 e. The van der Waals surface area contributed by atoms with Gasteiger partial charge in [-0.05, 0) is 37.8 Å². The Balaban J connectivity index is 1.54. The Morgan fingerprint density at radius 2 is 2.10 bits per heavy atom. The molecule has 1 aromatic carbocycles. The Morgan fingerprint density at radius 1 is 1.31 bits per heavy atom. The summed E-state index contributed by atoms with van der Waals surface area (Å²) in [6.07, 6.45) is 4.16. The fraction of sp³-hybridized carbons (Fsp3) is 0.333. The van der Waals surface area contributed by atoms with Crippen molar-refractivity contribution in [1.82, 2.24) is 20.4 Å². The van der Waals surface area contributed by atoms with Crippen molar-refractivity contribution in [2.75, 3.05) is 19.0 Å². The molecule has 1 unspecified atom stereocenters. The third-order valence-corrected chi connectivity index (χ3v) is 5.42. The highest BCUT2D eigenvalue weighted by Gasteiger charge is 2.27. The van der Waals surface area contributed by atoms with Gasteiger partial charge in [0.25, 0.3) is 5.91 Å². The summed E-state index contributed by atoms with van der Waals surface area (Å²) >= 11 is 6.30. The lowest BCUT2D eigenvalue weighted by Gasteiger charge is -2.25. The van der Waals surface area contributed by atoms with E-state index in [1.165, 1.54) is 0 Å². The van der Waals surface area contributed by atoms with Crippen molar-refractivity contribution < 1.29 is 9.32 Å². The molecular weight excluding hydrogens is 390 g/mol. The molecule has 0 saturated heterocycles. The van der Waals surface area contributed by atoms with Crippen molar-refractivity contribution in [3.8, 4) is 11.3 Å². The molecule has 0 radical (unpaired) electrons. The van der Waals surface area contributed by atoms with Crippen LogP contribution in [0.4, 0.5) is 5.95 Å². The van der Waals surface area contributed by atoms with E-state index in [-0.39, 0.29) is 11.9 Å². The van der Waals surface area contributed by atoms with Crippen LogP contribution in [-0.2, 0) is 12.8 Å². The fourth-order valence-electron chi connectivity index (χ4n) is 3.57. The van der Waals surface area contributed by atoms with Crippen molar-refractivity contribution in [1.29, 1.82) is 0 Å². The Bertz CT molecular complexity index is 1060. The van der Waals surface area contributed by atoms with E-state index in [1.807, 2.05) is 43.4 Å². The van der Waals surface area contributed by atoms with E-state index in [2.05, 4.69) is 20.4 Å². The smallest absolute Gasteiger partial charge is 0.257 e. The summed E-state index contributed by atoms with van der Waals surface area (Å²) in [4.78, 5) is 24.0. The summed E-state index contributed by atoms with van der Waals surface area (Å²) in [7, 11) is 3.84. The number of anilines is 1. The molecule has 1 amide bonds. The van der Waals surface area contributed by atoms with Gasteiger partial charge in [-0.25, -0.2) is 9.97 Å². The van der Waals surface area contributed by atoms with Gasteiger partial charge in [-0.15, -0.1) is 0 Å². The first-order valence-electron chi connectivity index (χ1n) is 9.48. The number of aryl methyl sites for hydroxylation is 2. The molecule has 2 heterocycles. The minimum Gasteiger partial charge on any atom is -0.360 e. The number of rotatable bonds is 4. The van der Waals surface area contributed by atoms with Crippen molar-refractivity contribution in [3.05, 3.63) is 58.1 Å². The van der Waals surface area contributed by atoms with Crippen LogP contribution in [0.2, 0.25) is 5.02 Å². The molecule has 0 fully saturated rings. The monoisotopic (exact) mass is 411 g/mol. The lowest BCUT2D eigenvalue weighted by Crippen LogP contribution is -2.39. The Hall–Kier alpha value is -2.93. The molecular formula is C21H22ClN5O2. The summed E-state index contributed by atoms with van der Waals surface area (Å²) in [5, 5.41) is 7.72. The van der Waals surface area contributed by atoms with Gasteiger partial charge in [-0.3, -0.25) is 4.79 Å². The quantitative estimate of drug-likeness (QED) is 0.707. The Kier molecular flexibility index (Phi) is 5.24. The summed E-state index contributed by atoms with van der Waals surface area (Å²) in [6, 6.07) is 7.28. The average molecular weight is 412 g/mol. The molecule has 4 rings (SSSR count). The highest BCUT2D eigenvalue weighted by Crippen LogP contribution is 2.31. The number of benzene rings is 1. The minimum absolute atomic E-state index is 0.00259. The molecule has 29 heavy (non-hydrogen) atoms. The van der Waals surface area contributed by atoms with Crippen LogP contribution >= 0.6 is 11.6 Å². The molecule has 0 spiro atoms. The molecule has 0 bridgehead atoms. The molecule has 1 atom stereocenters. The molecule has 7 nitrogen and oxygen atoms in total. The predicted octanol–water partition coefficient (Wildman–Crippen LogP) is 3.45. The normalized spacial score (nSPS) is 15.7. The van der Waals surface area contributed by atoms with Gasteiger partial charge in [0.2, 0.25) is 5.95 Å². The molecule has 2 aromatic heterocycles. The fourth-order valence-corrected chi connectivity index (χ4v) is 3.80. The number of hydrogen-bond acceptors (Lipinski definition) is 6. The van der Waals surface area contributed by atoms with Crippen LogP contribution in [0.25, 0.3) is 11.3 Å². The average Bonchev–Trinajstić information content (AvgIpc) is 3.09.